The lowest BCUT2D eigenvalue weighted by atomic mass is 9.93. The van der Waals surface area contributed by atoms with Crippen LogP contribution in [0.15, 0.2) is 12.2 Å². The van der Waals surface area contributed by atoms with Crippen molar-refractivity contribution in [2.24, 2.45) is 0 Å². The second kappa shape index (κ2) is 9.57. The number of hydrogen-bond donors (Lipinski definition) is 0. The fourth-order valence-electron chi connectivity index (χ4n) is 6.23. The third-order valence-electron chi connectivity index (χ3n) is 7.99. The maximum atomic E-state index is 12.3. The van der Waals surface area contributed by atoms with E-state index >= 15 is 0 Å². The van der Waals surface area contributed by atoms with Gasteiger partial charge in [0.1, 0.15) is 24.9 Å². The number of ether oxygens (including phenoxy) is 6. The van der Waals surface area contributed by atoms with Gasteiger partial charge in [-0.1, -0.05) is 45.1 Å². The van der Waals surface area contributed by atoms with Gasteiger partial charge in [-0.25, -0.2) is 4.79 Å². The number of fused-ring (bicyclic) bond motifs is 3. The molecule has 186 valence electrons. The number of esters is 1. The molecule has 2 saturated carbocycles. The van der Waals surface area contributed by atoms with E-state index in [1.165, 1.54) is 38.5 Å². The van der Waals surface area contributed by atoms with Gasteiger partial charge in [-0.15, -0.1) is 0 Å². The smallest absolute Gasteiger partial charge is 0.333 e. The van der Waals surface area contributed by atoms with Crippen molar-refractivity contribution < 1.29 is 33.2 Å². The Balaban J connectivity index is 1.39. The lowest BCUT2D eigenvalue weighted by molar-refractivity contribution is -0.350. The summed E-state index contributed by atoms with van der Waals surface area (Å²) in [5.74, 6) is -2.90. The van der Waals surface area contributed by atoms with E-state index < -0.39 is 29.4 Å². The molecule has 0 aromatic heterocycles. The summed E-state index contributed by atoms with van der Waals surface area (Å²) in [5, 5.41) is 0. The molecule has 5 aliphatic rings. The number of rotatable bonds is 3. The van der Waals surface area contributed by atoms with Gasteiger partial charge >= 0.3 is 5.97 Å². The first-order valence-electron chi connectivity index (χ1n) is 13.2. The van der Waals surface area contributed by atoms with E-state index in [-0.39, 0.29) is 18.8 Å². The zero-order chi connectivity index (χ0) is 22.9. The molecular weight excluding hydrogens is 424 g/mol. The summed E-state index contributed by atoms with van der Waals surface area (Å²) in [4.78, 5) is 12.3. The molecule has 3 aliphatic heterocycles. The second-order valence-electron chi connectivity index (χ2n) is 10.7. The van der Waals surface area contributed by atoms with Gasteiger partial charge in [-0.05, 0) is 32.6 Å². The zero-order valence-corrected chi connectivity index (χ0v) is 20.1. The molecule has 5 fully saturated rings. The lowest BCUT2D eigenvalue weighted by Gasteiger charge is -2.44. The van der Waals surface area contributed by atoms with Gasteiger partial charge in [-0.3, -0.25) is 0 Å². The molecule has 0 radical (unpaired) electrons. The maximum Gasteiger partial charge on any atom is 0.333 e. The van der Waals surface area contributed by atoms with Crippen LogP contribution in [0.1, 0.15) is 96.8 Å². The zero-order valence-electron chi connectivity index (χ0n) is 20.1. The average Bonchev–Trinajstić information content (AvgIpc) is 3.22. The first-order chi connectivity index (χ1) is 16.0. The SMILES string of the molecule is C=C(C)C(=O)OC[C@@]12O[C@@H]3COC4(CCCCCCC4)O[C@H]3[C@@H]1OC1(CCCCCCC1)O2. The van der Waals surface area contributed by atoms with Crippen molar-refractivity contribution in [3.8, 4) is 0 Å². The molecular formula is C26H40O7. The third-order valence-corrected chi connectivity index (χ3v) is 7.99. The van der Waals surface area contributed by atoms with Crippen LogP contribution in [-0.2, 0) is 33.2 Å². The minimum absolute atomic E-state index is 0.0333. The highest BCUT2D eigenvalue weighted by Crippen LogP contribution is 2.53. The van der Waals surface area contributed by atoms with Gasteiger partial charge in [-0.2, -0.15) is 0 Å². The highest BCUT2D eigenvalue weighted by molar-refractivity contribution is 5.86. The topological polar surface area (TPSA) is 72.5 Å². The summed E-state index contributed by atoms with van der Waals surface area (Å²) in [5.41, 5.74) is 0.353. The predicted octanol–water partition coefficient (Wildman–Crippen LogP) is 4.91. The highest BCUT2D eigenvalue weighted by atomic mass is 16.9. The molecule has 0 N–H and O–H groups in total. The van der Waals surface area contributed by atoms with Crippen LogP contribution in [0, 0.1) is 0 Å². The van der Waals surface area contributed by atoms with E-state index in [2.05, 4.69) is 6.58 Å². The molecule has 0 aromatic rings. The third kappa shape index (κ3) is 4.76. The van der Waals surface area contributed by atoms with Crippen molar-refractivity contribution in [1.82, 2.24) is 0 Å². The molecule has 7 nitrogen and oxygen atoms in total. The molecule has 2 spiro atoms. The predicted molar refractivity (Wildman–Crippen MR) is 120 cm³/mol. The van der Waals surface area contributed by atoms with E-state index in [1.807, 2.05) is 0 Å². The van der Waals surface area contributed by atoms with Crippen LogP contribution >= 0.6 is 0 Å². The van der Waals surface area contributed by atoms with E-state index in [1.54, 1.807) is 6.92 Å². The van der Waals surface area contributed by atoms with Crippen molar-refractivity contribution >= 4 is 5.97 Å². The van der Waals surface area contributed by atoms with Crippen molar-refractivity contribution in [3.63, 3.8) is 0 Å². The molecule has 3 heterocycles. The highest BCUT2D eigenvalue weighted by Gasteiger charge is 2.69. The molecule has 0 unspecified atom stereocenters. The van der Waals surface area contributed by atoms with Crippen molar-refractivity contribution in [2.75, 3.05) is 13.2 Å². The van der Waals surface area contributed by atoms with Gasteiger partial charge in [0, 0.05) is 31.3 Å². The van der Waals surface area contributed by atoms with Gasteiger partial charge in [0.2, 0.25) is 5.79 Å². The summed E-state index contributed by atoms with van der Waals surface area (Å²) in [6.07, 6.45) is 14.0. The van der Waals surface area contributed by atoms with Crippen LogP contribution < -0.4 is 0 Å². The fourth-order valence-corrected chi connectivity index (χ4v) is 6.23. The minimum atomic E-state index is -1.17. The first kappa shape index (κ1) is 23.7. The standard InChI is InChI=1S/C26H40O7/c1-19(2)23(27)28-18-26-22(32-25(33-26)15-11-7-4-8-12-16-25)21-20(30-26)17-29-24(31-21)13-9-5-3-6-10-14-24/h20-22H,1,3-18H2,2H3/t20-,21-,22+,26+/m1/s1. The Morgan fingerprint density at radius 3 is 2.03 bits per heavy atom. The summed E-state index contributed by atoms with van der Waals surface area (Å²) < 4.78 is 38.6. The van der Waals surface area contributed by atoms with Crippen molar-refractivity contribution in [2.45, 2.75) is 132 Å². The largest absolute Gasteiger partial charge is 0.456 e. The Bertz CT molecular complexity index is 720. The molecule has 33 heavy (non-hydrogen) atoms. The van der Waals surface area contributed by atoms with Crippen molar-refractivity contribution in [1.29, 1.82) is 0 Å². The Hall–Kier alpha value is -0.990. The first-order valence-corrected chi connectivity index (χ1v) is 13.2. The van der Waals surface area contributed by atoms with Gasteiger partial charge < -0.3 is 28.4 Å². The Labute approximate surface area is 197 Å². The Morgan fingerprint density at radius 1 is 0.848 bits per heavy atom. The van der Waals surface area contributed by atoms with Crippen LogP contribution in [0.5, 0.6) is 0 Å². The van der Waals surface area contributed by atoms with Gasteiger partial charge in [0.05, 0.1) is 6.61 Å². The van der Waals surface area contributed by atoms with E-state index in [0.29, 0.717) is 12.2 Å². The molecule has 5 rings (SSSR count). The molecule has 2 aliphatic carbocycles. The molecule has 0 bridgehead atoms. The van der Waals surface area contributed by atoms with Crippen LogP contribution in [-0.4, -0.2) is 54.9 Å². The molecule has 7 heteroatoms. The average molecular weight is 465 g/mol. The quantitative estimate of drug-likeness (QED) is 0.434. The second-order valence-corrected chi connectivity index (χ2v) is 10.7. The van der Waals surface area contributed by atoms with Crippen molar-refractivity contribution in [3.05, 3.63) is 12.2 Å². The van der Waals surface area contributed by atoms with E-state index in [4.69, 9.17) is 28.4 Å². The lowest BCUT2D eigenvalue weighted by Crippen LogP contribution is -2.54. The summed E-state index contributed by atoms with van der Waals surface area (Å²) in [7, 11) is 0. The number of hydrogen-bond acceptors (Lipinski definition) is 7. The van der Waals surface area contributed by atoms with E-state index in [0.717, 1.165) is 51.4 Å². The van der Waals surface area contributed by atoms with E-state index in [9.17, 15) is 4.79 Å². The molecule has 0 aromatic carbocycles. The molecule has 4 atom stereocenters. The monoisotopic (exact) mass is 464 g/mol. The molecule has 3 saturated heterocycles. The van der Waals surface area contributed by atoms with Crippen LogP contribution in [0.25, 0.3) is 0 Å². The number of carbonyl (C=O) groups is 1. The van der Waals surface area contributed by atoms with Crippen LogP contribution in [0.2, 0.25) is 0 Å². The fraction of sp³-hybridized carbons (Fsp3) is 0.885. The maximum absolute atomic E-state index is 12.3. The summed E-state index contributed by atoms with van der Waals surface area (Å²) in [6, 6.07) is 0. The molecule has 0 amide bonds. The minimum Gasteiger partial charge on any atom is -0.456 e. The Kier molecular flexibility index (Phi) is 6.89. The van der Waals surface area contributed by atoms with Gasteiger partial charge in [0.15, 0.2) is 11.6 Å². The van der Waals surface area contributed by atoms with Crippen LogP contribution in [0.3, 0.4) is 0 Å². The van der Waals surface area contributed by atoms with Gasteiger partial charge in [0.25, 0.3) is 0 Å². The number of carbonyl (C=O) groups excluding carboxylic acids is 1. The summed E-state index contributed by atoms with van der Waals surface area (Å²) >= 11 is 0. The van der Waals surface area contributed by atoms with Crippen LogP contribution in [0.4, 0.5) is 0 Å². The summed E-state index contributed by atoms with van der Waals surface area (Å²) in [6.45, 7) is 5.75. The Morgan fingerprint density at radius 2 is 1.42 bits per heavy atom. The normalized spacial score (nSPS) is 37.9.